The van der Waals surface area contributed by atoms with Gasteiger partial charge >= 0.3 is 0 Å². The molecule has 2 unspecified atom stereocenters. The van der Waals surface area contributed by atoms with Crippen molar-refractivity contribution < 1.29 is 0 Å². The Kier molecular flexibility index (Phi) is 2.93. The topological polar surface area (TPSA) is 4.36 Å². The lowest BCUT2D eigenvalue weighted by atomic mass is 9.93. The van der Waals surface area contributed by atoms with E-state index in [1.54, 1.807) is 0 Å². The molecule has 0 radical (unpaired) electrons. The first-order chi connectivity index (χ1) is 5.24. The van der Waals surface area contributed by atoms with Crippen molar-refractivity contribution in [3.05, 3.63) is 11.4 Å². The third kappa shape index (κ3) is 2.22. The van der Waals surface area contributed by atoms with Crippen LogP contribution in [0, 0.1) is 24.3 Å². The molecule has 2 atom stereocenters. The summed E-state index contributed by atoms with van der Waals surface area (Å²) < 4.78 is 0. The van der Waals surface area contributed by atoms with Gasteiger partial charge in [0, 0.05) is 5.92 Å². The molecule has 0 N–H and O–H groups in total. The van der Waals surface area contributed by atoms with Gasteiger partial charge < -0.3 is 4.85 Å². The van der Waals surface area contributed by atoms with Crippen molar-refractivity contribution in [2.75, 3.05) is 6.54 Å². The molecule has 0 aliphatic heterocycles. The standard InChI is InChI=1S/C10H17N/c1-8(2)10-5-4-9(6-10)7-11-3/h8-10H,4-7H2,1-2H3. The van der Waals surface area contributed by atoms with Crippen molar-refractivity contribution in [1.82, 2.24) is 0 Å². The molecule has 1 heteroatoms. The van der Waals surface area contributed by atoms with Crippen LogP contribution >= 0.6 is 0 Å². The van der Waals surface area contributed by atoms with Crippen LogP contribution in [0.3, 0.4) is 0 Å². The molecule has 1 nitrogen and oxygen atoms in total. The number of nitrogens with zero attached hydrogens (tertiary/aromatic N) is 1. The Morgan fingerprint density at radius 1 is 1.45 bits per heavy atom. The van der Waals surface area contributed by atoms with Gasteiger partial charge in [-0.05, 0) is 31.1 Å². The Hall–Kier alpha value is -0.510. The second-order valence-corrected chi connectivity index (χ2v) is 4.02. The van der Waals surface area contributed by atoms with E-state index in [1.165, 1.54) is 19.3 Å². The highest BCUT2D eigenvalue weighted by Crippen LogP contribution is 2.35. The Morgan fingerprint density at radius 3 is 2.64 bits per heavy atom. The van der Waals surface area contributed by atoms with Crippen LogP contribution in [0.25, 0.3) is 4.85 Å². The lowest BCUT2D eigenvalue weighted by Gasteiger charge is -2.12. The maximum absolute atomic E-state index is 6.77. The Balaban J connectivity index is 2.30. The molecule has 0 spiro atoms. The zero-order chi connectivity index (χ0) is 8.27. The van der Waals surface area contributed by atoms with Crippen LogP contribution in [-0.2, 0) is 0 Å². The SMILES string of the molecule is [C-]#[N+]CC1CCC(C(C)C)C1. The molecule has 1 rings (SSSR count). The van der Waals surface area contributed by atoms with Gasteiger partial charge in [0.15, 0.2) is 0 Å². The highest BCUT2D eigenvalue weighted by Gasteiger charge is 2.28. The van der Waals surface area contributed by atoms with Crippen LogP contribution in [0.5, 0.6) is 0 Å². The second-order valence-electron chi connectivity index (χ2n) is 4.02. The first-order valence-electron chi connectivity index (χ1n) is 4.57. The van der Waals surface area contributed by atoms with E-state index < -0.39 is 0 Å². The minimum Gasteiger partial charge on any atom is -0.317 e. The molecule has 62 valence electrons. The van der Waals surface area contributed by atoms with Crippen LogP contribution in [0.4, 0.5) is 0 Å². The molecule has 0 saturated heterocycles. The van der Waals surface area contributed by atoms with Crippen molar-refractivity contribution in [3.63, 3.8) is 0 Å². The predicted molar refractivity (Wildman–Crippen MR) is 47.1 cm³/mol. The summed E-state index contributed by atoms with van der Waals surface area (Å²) in [5.74, 6) is 2.45. The first kappa shape index (κ1) is 8.59. The van der Waals surface area contributed by atoms with E-state index in [2.05, 4.69) is 18.7 Å². The number of hydrogen-bond donors (Lipinski definition) is 0. The van der Waals surface area contributed by atoms with Gasteiger partial charge in [0.25, 0.3) is 0 Å². The van der Waals surface area contributed by atoms with Gasteiger partial charge in [-0.2, -0.15) is 0 Å². The lowest BCUT2D eigenvalue weighted by Crippen LogP contribution is -2.04. The molecule has 1 aliphatic rings. The molecule has 0 aromatic rings. The maximum Gasteiger partial charge on any atom is 0.217 e. The van der Waals surface area contributed by atoms with E-state index in [0.29, 0.717) is 0 Å². The highest BCUT2D eigenvalue weighted by atomic mass is 14.6. The van der Waals surface area contributed by atoms with Crippen LogP contribution in [0.2, 0.25) is 0 Å². The van der Waals surface area contributed by atoms with Gasteiger partial charge in [0.2, 0.25) is 6.54 Å². The van der Waals surface area contributed by atoms with E-state index in [0.717, 1.165) is 24.3 Å². The molecule has 11 heavy (non-hydrogen) atoms. The van der Waals surface area contributed by atoms with Crippen molar-refractivity contribution in [3.8, 4) is 0 Å². The second kappa shape index (κ2) is 3.76. The average Bonchev–Trinajstić information content (AvgIpc) is 2.37. The minimum absolute atomic E-state index is 0.722. The summed E-state index contributed by atoms with van der Waals surface area (Å²) in [6.45, 7) is 12.1. The van der Waals surface area contributed by atoms with E-state index >= 15 is 0 Å². The molecule has 0 bridgehead atoms. The highest BCUT2D eigenvalue weighted by molar-refractivity contribution is 4.81. The Morgan fingerprint density at radius 2 is 2.18 bits per heavy atom. The summed E-state index contributed by atoms with van der Waals surface area (Å²) in [7, 11) is 0. The summed E-state index contributed by atoms with van der Waals surface area (Å²) in [5.41, 5.74) is 0. The van der Waals surface area contributed by atoms with Gasteiger partial charge in [-0.1, -0.05) is 13.8 Å². The largest absolute Gasteiger partial charge is 0.317 e. The summed E-state index contributed by atoms with van der Waals surface area (Å²) in [6.07, 6.45) is 3.96. The van der Waals surface area contributed by atoms with Gasteiger partial charge in [-0.25, -0.2) is 6.57 Å². The quantitative estimate of drug-likeness (QED) is 0.534. The molecular weight excluding hydrogens is 134 g/mol. The van der Waals surface area contributed by atoms with E-state index in [9.17, 15) is 0 Å². The Labute approximate surface area is 69.6 Å². The first-order valence-corrected chi connectivity index (χ1v) is 4.57. The maximum atomic E-state index is 6.77. The molecule has 0 heterocycles. The van der Waals surface area contributed by atoms with Crippen LogP contribution in [0.15, 0.2) is 0 Å². The summed E-state index contributed by atoms with van der Waals surface area (Å²) in [5, 5.41) is 0. The minimum atomic E-state index is 0.722. The van der Waals surface area contributed by atoms with Crippen molar-refractivity contribution in [2.24, 2.45) is 17.8 Å². The van der Waals surface area contributed by atoms with Crippen molar-refractivity contribution in [1.29, 1.82) is 0 Å². The molecule has 1 aliphatic carbocycles. The lowest BCUT2D eigenvalue weighted by molar-refractivity contribution is 0.383. The fourth-order valence-corrected chi connectivity index (χ4v) is 2.01. The number of rotatable bonds is 2. The van der Waals surface area contributed by atoms with Crippen molar-refractivity contribution >= 4 is 0 Å². The van der Waals surface area contributed by atoms with Gasteiger partial charge in [-0.3, -0.25) is 0 Å². The summed E-state index contributed by atoms with van der Waals surface area (Å²) in [4.78, 5) is 3.46. The fraction of sp³-hybridized carbons (Fsp3) is 0.900. The molecule has 0 aromatic heterocycles. The third-order valence-corrected chi connectivity index (χ3v) is 2.87. The summed E-state index contributed by atoms with van der Waals surface area (Å²) >= 11 is 0. The van der Waals surface area contributed by atoms with E-state index in [-0.39, 0.29) is 0 Å². The molecular formula is C10H17N. The van der Waals surface area contributed by atoms with Gasteiger partial charge in [0.05, 0.1) is 0 Å². The molecule has 1 saturated carbocycles. The third-order valence-electron chi connectivity index (χ3n) is 2.87. The van der Waals surface area contributed by atoms with Gasteiger partial charge in [0.1, 0.15) is 0 Å². The Bertz CT molecular complexity index is 155. The van der Waals surface area contributed by atoms with Crippen LogP contribution in [-0.4, -0.2) is 6.54 Å². The van der Waals surface area contributed by atoms with Crippen LogP contribution in [0.1, 0.15) is 33.1 Å². The fourth-order valence-electron chi connectivity index (χ4n) is 2.01. The zero-order valence-electron chi connectivity index (χ0n) is 7.51. The average molecular weight is 151 g/mol. The normalized spacial score (nSPS) is 30.7. The molecule has 0 amide bonds. The van der Waals surface area contributed by atoms with Gasteiger partial charge in [-0.15, -0.1) is 0 Å². The van der Waals surface area contributed by atoms with E-state index in [1.807, 2.05) is 0 Å². The van der Waals surface area contributed by atoms with Crippen LogP contribution < -0.4 is 0 Å². The zero-order valence-corrected chi connectivity index (χ0v) is 7.51. The van der Waals surface area contributed by atoms with E-state index in [4.69, 9.17) is 6.57 Å². The molecule has 0 aromatic carbocycles. The monoisotopic (exact) mass is 151 g/mol. The smallest absolute Gasteiger partial charge is 0.217 e. The predicted octanol–water partition coefficient (Wildman–Crippen LogP) is 2.98. The summed E-state index contributed by atoms with van der Waals surface area (Å²) in [6, 6.07) is 0. The number of hydrogen-bond acceptors (Lipinski definition) is 0. The van der Waals surface area contributed by atoms with Crippen molar-refractivity contribution in [2.45, 2.75) is 33.1 Å². The molecule has 1 fully saturated rings.